The van der Waals surface area contributed by atoms with Gasteiger partial charge in [-0.3, -0.25) is 48.1 Å². The normalized spacial score (nSPS) is 15.8. The number of rotatable bonds is 35. The van der Waals surface area contributed by atoms with Gasteiger partial charge in [0.1, 0.15) is 48.3 Å². The Hall–Kier alpha value is -5.92. The summed E-state index contributed by atoms with van der Waals surface area (Å²) in [4.78, 5) is 135. The molecule has 0 aliphatic rings. The summed E-state index contributed by atoms with van der Waals surface area (Å²) in [6.45, 7) is 5.04. The first kappa shape index (κ1) is 66.1. The number of nitrogens with zero attached hydrogens (tertiary/aromatic N) is 1. The highest BCUT2D eigenvalue weighted by molar-refractivity contribution is 7.98. The van der Waals surface area contributed by atoms with Gasteiger partial charge in [-0.25, -0.2) is 4.79 Å². The van der Waals surface area contributed by atoms with Gasteiger partial charge >= 0.3 is 5.97 Å². The lowest BCUT2D eigenvalue weighted by atomic mass is 9.99. The largest absolute Gasteiger partial charge is 0.480 e. The summed E-state index contributed by atoms with van der Waals surface area (Å²) in [6.07, 6.45) is 0.337. The highest BCUT2D eigenvalue weighted by atomic mass is 32.2. The second-order valence-electron chi connectivity index (χ2n) is 17.5. The highest BCUT2D eigenvalue weighted by Gasteiger charge is 2.36. The van der Waals surface area contributed by atoms with E-state index < -0.39 is 152 Å². The number of carbonyl (C=O) groups is 10. The summed E-state index contributed by atoms with van der Waals surface area (Å²) in [5.74, 6) is -10.9. The molecule has 412 valence electrons. The van der Waals surface area contributed by atoms with Crippen molar-refractivity contribution >= 4 is 76.9 Å². The summed E-state index contributed by atoms with van der Waals surface area (Å²) in [5, 5.41) is 79.6. The van der Waals surface area contributed by atoms with Crippen molar-refractivity contribution in [3.8, 4) is 0 Å². The zero-order chi connectivity index (χ0) is 55.4. The van der Waals surface area contributed by atoms with Crippen LogP contribution >= 0.6 is 11.8 Å². The molecule has 9 amide bonds. The number of aliphatic carboxylic acids is 1. The fourth-order valence-electron chi connectivity index (χ4n) is 6.29. The van der Waals surface area contributed by atoms with Crippen LogP contribution in [0.1, 0.15) is 73.6 Å². The minimum atomic E-state index is -1.81. The average molecular weight is 1050 g/mol. The van der Waals surface area contributed by atoms with Crippen LogP contribution < -0.4 is 65.1 Å². The predicted molar refractivity (Wildman–Crippen MR) is 261 cm³/mol. The molecular formula is C42H77N13O16S. The summed E-state index contributed by atoms with van der Waals surface area (Å²) in [7, 11) is 0. The lowest BCUT2D eigenvalue weighted by Crippen LogP contribution is -2.62. The fraction of sp³-hybridized carbons (Fsp3) is 0.738. The molecule has 30 heteroatoms. The van der Waals surface area contributed by atoms with E-state index in [0.717, 1.165) is 6.92 Å². The van der Waals surface area contributed by atoms with E-state index in [1.165, 1.54) is 18.7 Å². The Morgan fingerprint density at radius 3 is 1.19 bits per heavy atom. The van der Waals surface area contributed by atoms with Crippen molar-refractivity contribution < 1.29 is 78.6 Å². The molecule has 72 heavy (non-hydrogen) atoms. The van der Waals surface area contributed by atoms with Crippen LogP contribution in [0.5, 0.6) is 0 Å². The maximum absolute atomic E-state index is 13.9. The number of nitrogens with two attached hydrogens (primary N) is 3. The van der Waals surface area contributed by atoms with E-state index in [-0.39, 0.29) is 50.0 Å². The minimum Gasteiger partial charge on any atom is -0.480 e. The number of amides is 9. The minimum absolute atomic E-state index is 0.0248. The number of aliphatic imine (C=N–C) groups is 1. The molecule has 0 rings (SSSR count). The fourth-order valence-corrected chi connectivity index (χ4v) is 6.78. The molecule has 0 heterocycles. The van der Waals surface area contributed by atoms with E-state index in [1.807, 2.05) is 11.6 Å². The molecule has 0 aromatic carbocycles. The second-order valence-corrected chi connectivity index (χ2v) is 18.5. The molecule has 11 atom stereocenters. The first-order chi connectivity index (χ1) is 33.7. The van der Waals surface area contributed by atoms with Gasteiger partial charge in [0.2, 0.25) is 53.2 Å². The van der Waals surface area contributed by atoms with Gasteiger partial charge in [-0.15, -0.1) is 0 Å². The third-order valence-electron chi connectivity index (χ3n) is 10.3. The number of carboxylic acid groups (broad SMARTS) is 1. The van der Waals surface area contributed by atoms with Crippen LogP contribution in [0.3, 0.4) is 0 Å². The van der Waals surface area contributed by atoms with Crippen LogP contribution in [0, 0.1) is 11.8 Å². The van der Waals surface area contributed by atoms with E-state index in [4.69, 9.17) is 17.2 Å². The summed E-state index contributed by atoms with van der Waals surface area (Å²) in [6, 6.07) is -15.3. The molecule has 0 saturated heterocycles. The highest BCUT2D eigenvalue weighted by Crippen LogP contribution is 2.11. The van der Waals surface area contributed by atoms with Gasteiger partial charge in [0.25, 0.3) is 0 Å². The molecule has 0 unspecified atom stereocenters. The van der Waals surface area contributed by atoms with Gasteiger partial charge in [0.05, 0.1) is 38.6 Å². The van der Waals surface area contributed by atoms with Crippen molar-refractivity contribution in [1.29, 1.82) is 0 Å². The van der Waals surface area contributed by atoms with E-state index in [1.54, 1.807) is 27.7 Å². The zero-order valence-electron chi connectivity index (χ0n) is 41.6. The maximum atomic E-state index is 13.9. The summed E-state index contributed by atoms with van der Waals surface area (Å²) >= 11 is 1.47. The molecule has 0 aliphatic heterocycles. The molecule has 0 aromatic heterocycles. The molecule has 21 N–H and O–H groups in total. The number of aliphatic hydroxyl groups excluding tert-OH is 5. The van der Waals surface area contributed by atoms with Crippen LogP contribution in [-0.4, -0.2) is 207 Å². The monoisotopic (exact) mass is 1050 g/mol. The Kier molecular flexibility index (Phi) is 31.6. The Morgan fingerprint density at radius 2 is 0.847 bits per heavy atom. The van der Waals surface area contributed by atoms with Crippen LogP contribution in [0.25, 0.3) is 0 Å². The van der Waals surface area contributed by atoms with Crippen LogP contribution in [0.15, 0.2) is 4.99 Å². The third kappa shape index (κ3) is 25.0. The van der Waals surface area contributed by atoms with Crippen molar-refractivity contribution in [2.45, 2.75) is 140 Å². The third-order valence-corrected chi connectivity index (χ3v) is 10.9. The maximum Gasteiger partial charge on any atom is 0.328 e. The van der Waals surface area contributed by atoms with E-state index in [2.05, 4.69) is 47.5 Å². The first-order valence-corrected chi connectivity index (χ1v) is 24.4. The summed E-state index contributed by atoms with van der Waals surface area (Å²) < 4.78 is 0. The SMILES string of the molecule is CSCC[C@H](N)C(=O)N[C@@H](C)C(=O)N[C@@H](CO)C(=O)N[C@@H](CCCN=C(N)N)C(=O)N[C@@H](CO)C(=O)N[C@@H](CC(C)C)C(=O)N[C@@H](CC(C)C)C(=O)N[C@@H](CO)C(=O)N[C@@H](CO)C(=O)N[C@H](C(=O)O)[C@@H](C)O. The lowest BCUT2D eigenvalue weighted by Gasteiger charge is -2.28. The van der Waals surface area contributed by atoms with Gasteiger partial charge < -0.3 is 95.7 Å². The van der Waals surface area contributed by atoms with Crippen molar-refractivity contribution in [2.75, 3.05) is 45.0 Å². The van der Waals surface area contributed by atoms with Gasteiger partial charge in [0.15, 0.2) is 12.0 Å². The number of carboxylic acids is 1. The molecule has 29 nitrogen and oxygen atoms in total. The van der Waals surface area contributed by atoms with Crippen molar-refractivity contribution in [3.05, 3.63) is 0 Å². The number of nitrogens with one attached hydrogen (secondary N) is 9. The number of hydrogen-bond acceptors (Lipinski definition) is 18. The first-order valence-electron chi connectivity index (χ1n) is 23.1. The van der Waals surface area contributed by atoms with Gasteiger partial charge in [-0.05, 0) is 69.8 Å². The second kappa shape index (κ2) is 34.4. The Balaban J connectivity index is 6.29. The predicted octanol–water partition coefficient (Wildman–Crippen LogP) is -7.97. The Bertz CT molecular complexity index is 1840. The lowest BCUT2D eigenvalue weighted by molar-refractivity contribution is -0.145. The van der Waals surface area contributed by atoms with Gasteiger partial charge in [-0.2, -0.15) is 11.8 Å². The van der Waals surface area contributed by atoms with Crippen LogP contribution in [0.4, 0.5) is 0 Å². The zero-order valence-corrected chi connectivity index (χ0v) is 42.5. The smallest absolute Gasteiger partial charge is 0.328 e. The van der Waals surface area contributed by atoms with Crippen molar-refractivity contribution in [3.63, 3.8) is 0 Å². The topological polar surface area (TPSA) is 491 Å². The molecule has 0 aliphatic carbocycles. The molecule has 0 spiro atoms. The Labute approximate surface area is 421 Å². The van der Waals surface area contributed by atoms with Gasteiger partial charge in [0, 0.05) is 6.54 Å². The number of aliphatic hydroxyl groups is 5. The molecular weight excluding hydrogens is 975 g/mol. The number of thioether (sulfide) groups is 1. The van der Waals surface area contributed by atoms with E-state index in [9.17, 15) is 78.6 Å². The number of carbonyl (C=O) groups excluding carboxylic acids is 9. The number of guanidine groups is 1. The molecule has 0 fully saturated rings. The van der Waals surface area contributed by atoms with E-state index in [0.29, 0.717) is 12.2 Å². The standard InChI is InChI=1S/C42H77N13O16S/c1-19(2)13-25(35(64)49-26(14-20(3)4)36(65)53-29(17-58)39(68)54-30(18-59)40(69)55-31(22(6)60)41(70)71)50-38(67)28(16-57)52-34(63)24(9-8-11-46-42(44)45)48-37(66)27(15-56)51-32(61)21(5)47-33(62)23(43)10-12-72-7/h19-31,56-60H,8-18,43H2,1-7H3,(H,47,62)(H,48,66)(H,49,64)(H,50,67)(H,51,61)(H,52,63)(H,53,65)(H,54,68)(H,55,69)(H,70,71)(H4,44,45,46)/t21-,22+,23-,24-,25-,26-,27-,28-,29-,30-,31-/m0/s1. The van der Waals surface area contributed by atoms with Crippen molar-refractivity contribution in [2.24, 2.45) is 34.0 Å². The van der Waals surface area contributed by atoms with Crippen LogP contribution in [-0.2, 0) is 47.9 Å². The summed E-state index contributed by atoms with van der Waals surface area (Å²) in [5.41, 5.74) is 16.7. The van der Waals surface area contributed by atoms with E-state index >= 15 is 0 Å². The number of hydrogen-bond donors (Lipinski definition) is 18. The van der Waals surface area contributed by atoms with Crippen molar-refractivity contribution in [1.82, 2.24) is 47.9 Å². The molecule has 0 saturated carbocycles. The van der Waals surface area contributed by atoms with Gasteiger partial charge in [-0.1, -0.05) is 27.7 Å². The Morgan fingerprint density at radius 1 is 0.500 bits per heavy atom. The molecule has 0 radical (unpaired) electrons. The quantitative estimate of drug-likeness (QED) is 0.0159. The molecule has 0 aromatic rings. The molecule has 0 bridgehead atoms. The average Bonchev–Trinajstić information content (AvgIpc) is 3.30. The van der Waals surface area contributed by atoms with Crippen LogP contribution in [0.2, 0.25) is 0 Å².